The second-order valence-electron chi connectivity index (χ2n) is 10.9. The Morgan fingerprint density at radius 1 is 0.714 bits per heavy atom. The van der Waals surface area contributed by atoms with Gasteiger partial charge in [0.15, 0.2) is 11.5 Å². The molecular weight excluding hydrogens is 632 g/mol. The summed E-state index contributed by atoms with van der Waals surface area (Å²) >= 11 is 0. The molecule has 2 amide bonds. The van der Waals surface area contributed by atoms with Gasteiger partial charge in [-0.1, -0.05) is 24.3 Å². The number of hydrogen-bond donors (Lipinski definition) is 2. The summed E-state index contributed by atoms with van der Waals surface area (Å²) in [5.74, 6) is 0.551. The number of nitrogens with two attached hydrogens (primary N) is 1. The molecule has 0 aliphatic carbocycles. The van der Waals surface area contributed by atoms with E-state index in [0.29, 0.717) is 40.1 Å². The van der Waals surface area contributed by atoms with Crippen molar-refractivity contribution < 1.29 is 47.9 Å². The molecule has 0 bridgehead atoms. The molecule has 49 heavy (non-hydrogen) atoms. The highest BCUT2D eigenvalue weighted by Gasteiger charge is 2.30. The van der Waals surface area contributed by atoms with Crippen LogP contribution in [0.5, 0.6) is 34.5 Å². The summed E-state index contributed by atoms with van der Waals surface area (Å²) < 4.78 is 33.1. The summed E-state index contributed by atoms with van der Waals surface area (Å²) in [5.41, 5.74) is 9.10. The molecule has 0 unspecified atom stereocenters. The second kappa shape index (κ2) is 16.8. The number of primary amides is 1. The summed E-state index contributed by atoms with van der Waals surface area (Å²) in [6, 6.07) is 22.0. The number of amides is 2. The van der Waals surface area contributed by atoms with Gasteiger partial charge in [0.2, 0.25) is 11.7 Å². The normalized spacial score (nSPS) is 11.2. The zero-order valence-corrected chi connectivity index (χ0v) is 28.1. The van der Waals surface area contributed by atoms with E-state index in [2.05, 4.69) is 0 Å². The molecule has 4 aromatic carbocycles. The molecule has 0 aliphatic heterocycles. The van der Waals surface area contributed by atoms with E-state index in [-0.39, 0.29) is 31.6 Å². The molecule has 0 radical (unpaired) electrons. The molecule has 258 valence electrons. The molecule has 12 heteroatoms. The Morgan fingerprint density at radius 3 is 1.88 bits per heavy atom. The van der Waals surface area contributed by atoms with Gasteiger partial charge in [-0.25, -0.2) is 0 Å². The van der Waals surface area contributed by atoms with Gasteiger partial charge in [0.05, 0.1) is 35.5 Å². The third kappa shape index (κ3) is 9.13. The van der Waals surface area contributed by atoms with Crippen LogP contribution >= 0.6 is 0 Å². The van der Waals surface area contributed by atoms with Crippen molar-refractivity contribution in [2.24, 2.45) is 5.73 Å². The summed E-state index contributed by atoms with van der Waals surface area (Å²) in [5, 5.41) is 9.34. The average molecular weight is 673 g/mol. The van der Waals surface area contributed by atoms with Crippen molar-refractivity contribution in [1.82, 2.24) is 4.90 Å². The van der Waals surface area contributed by atoms with Gasteiger partial charge < -0.3 is 44.2 Å². The summed E-state index contributed by atoms with van der Waals surface area (Å²) in [6.45, 7) is 0.193. The number of aliphatic carboxylic acids is 1. The lowest BCUT2D eigenvalue weighted by molar-refractivity contribution is -0.137. The van der Waals surface area contributed by atoms with E-state index in [0.717, 1.165) is 16.7 Å². The zero-order valence-electron chi connectivity index (χ0n) is 28.1. The fraction of sp³-hybridized carbons (Fsp3) is 0.270. The van der Waals surface area contributed by atoms with Crippen molar-refractivity contribution in [3.05, 3.63) is 95.6 Å². The number of nitrogens with zero attached hydrogens (tertiary/aromatic N) is 1. The van der Waals surface area contributed by atoms with Crippen molar-refractivity contribution in [1.29, 1.82) is 0 Å². The van der Waals surface area contributed by atoms with Crippen molar-refractivity contribution in [2.75, 3.05) is 35.5 Å². The second-order valence-corrected chi connectivity index (χ2v) is 10.9. The van der Waals surface area contributed by atoms with Gasteiger partial charge in [0, 0.05) is 24.6 Å². The lowest BCUT2D eigenvalue weighted by Crippen LogP contribution is -2.47. The fourth-order valence-corrected chi connectivity index (χ4v) is 5.31. The van der Waals surface area contributed by atoms with Gasteiger partial charge in [-0.05, 0) is 77.2 Å². The minimum Gasteiger partial charge on any atom is -0.497 e. The van der Waals surface area contributed by atoms with Crippen LogP contribution in [0.2, 0.25) is 0 Å². The lowest BCUT2D eigenvalue weighted by Gasteiger charge is -2.30. The first-order valence-electron chi connectivity index (χ1n) is 15.3. The van der Waals surface area contributed by atoms with Crippen LogP contribution < -0.4 is 34.2 Å². The molecule has 0 spiro atoms. The molecule has 0 aromatic heterocycles. The maximum Gasteiger partial charge on any atom is 0.303 e. The van der Waals surface area contributed by atoms with E-state index in [4.69, 9.17) is 34.2 Å². The molecular formula is C37H40N2O10. The number of carboxylic acid groups (broad SMARTS) is 1. The van der Waals surface area contributed by atoms with E-state index in [1.807, 2.05) is 36.4 Å². The lowest BCUT2D eigenvalue weighted by atomic mass is 10.0. The molecule has 0 saturated heterocycles. The van der Waals surface area contributed by atoms with Crippen molar-refractivity contribution >= 4 is 17.8 Å². The van der Waals surface area contributed by atoms with Crippen molar-refractivity contribution in [3.8, 4) is 45.6 Å². The topological polar surface area (TPSA) is 156 Å². The molecule has 4 aromatic rings. The van der Waals surface area contributed by atoms with Crippen LogP contribution in [0.25, 0.3) is 11.1 Å². The molecule has 4 rings (SSSR count). The maximum atomic E-state index is 14.0. The molecule has 0 heterocycles. The molecule has 0 saturated carbocycles. The molecule has 3 N–H and O–H groups in total. The predicted molar refractivity (Wildman–Crippen MR) is 182 cm³/mol. The van der Waals surface area contributed by atoms with Crippen LogP contribution in [-0.2, 0) is 22.7 Å². The van der Waals surface area contributed by atoms with Crippen LogP contribution in [0, 0.1) is 0 Å². The van der Waals surface area contributed by atoms with Crippen LogP contribution in [-0.4, -0.2) is 69.4 Å². The SMILES string of the molecule is COc1cc(COc2cccc(-c3ccc(C(=O)N(Cc4cc(OC)c(OC)c(OC)c4)[C@@H](CCC(=O)O)C(N)=O)cc3)c2)cc(OC)c1. The summed E-state index contributed by atoms with van der Waals surface area (Å²) in [6.07, 6.45) is -0.538. The number of rotatable bonds is 17. The van der Waals surface area contributed by atoms with Crippen molar-refractivity contribution in [2.45, 2.75) is 32.0 Å². The zero-order chi connectivity index (χ0) is 35.5. The first kappa shape index (κ1) is 35.9. The van der Waals surface area contributed by atoms with Gasteiger partial charge in [-0.15, -0.1) is 0 Å². The Hall–Kier alpha value is -5.91. The van der Waals surface area contributed by atoms with E-state index in [1.165, 1.54) is 26.2 Å². The molecule has 1 atom stereocenters. The number of carbonyl (C=O) groups is 3. The van der Waals surface area contributed by atoms with E-state index < -0.39 is 23.8 Å². The van der Waals surface area contributed by atoms with Crippen LogP contribution in [0.15, 0.2) is 78.9 Å². The summed E-state index contributed by atoms with van der Waals surface area (Å²) in [4.78, 5) is 39.4. The maximum absolute atomic E-state index is 14.0. The quantitative estimate of drug-likeness (QED) is 0.150. The molecule has 0 aliphatic rings. The third-order valence-electron chi connectivity index (χ3n) is 7.79. The fourth-order valence-electron chi connectivity index (χ4n) is 5.31. The highest BCUT2D eigenvalue weighted by molar-refractivity contribution is 5.98. The largest absolute Gasteiger partial charge is 0.497 e. The van der Waals surface area contributed by atoms with E-state index in [9.17, 15) is 19.5 Å². The van der Waals surface area contributed by atoms with Gasteiger partial charge in [0.25, 0.3) is 5.91 Å². The first-order chi connectivity index (χ1) is 23.6. The number of hydrogen-bond acceptors (Lipinski definition) is 9. The predicted octanol–water partition coefficient (Wildman–Crippen LogP) is 5.34. The Labute approximate surface area is 284 Å². The number of carbonyl (C=O) groups excluding carboxylic acids is 2. The Kier molecular flexibility index (Phi) is 12.3. The van der Waals surface area contributed by atoms with E-state index in [1.54, 1.807) is 56.7 Å². The number of methoxy groups -OCH3 is 5. The number of ether oxygens (including phenoxy) is 6. The average Bonchev–Trinajstić information content (AvgIpc) is 3.12. The summed E-state index contributed by atoms with van der Waals surface area (Å²) in [7, 11) is 7.57. The van der Waals surface area contributed by atoms with Crippen LogP contribution in [0.3, 0.4) is 0 Å². The van der Waals surface area contributed by atoms with Gasteiger partial charge in [-0.3, -0.25) is 14.4 Å². The first-order valence-corrected chi connectivity index (χ1v) is 15.3. The number of carboxylic acids is 1. The highest BCUT2D eigenvalue weighted by atomic mass is 16.5. The van der Waals surface area contributed by atoms with Gasteiger partial charge in [0.1, 0.15) is 29.9 Å². The Bertz CT molecular complexity index is 1730. The third-order valence-corrected chi connectivity index (χ3v) is 7.79. The monoisotopic (exact) mass is 672 g/mol. The standard InChI is InChI=1S/C37H40N2O10/c1-44-29-15-24(16-30(20-29)45-2)22-49-28-8-6-7-27(19-28)25-9-11-26(12-10-25)37(43)39(31(36(38)42)13-14-34(40)41)21-23-17-32(46-3)35(48-5)33(18-23)47-4/h6-12,15-20,31H,13-14,21-22H2,1-5H3,(H2,38,42)(H,40,41)/t31-/m0/s1. The van der Waals surface area contributed by atoms with Gasteiger partial charge >= 0.3 is 5.97 Å². The van der Waals surface area contributed by atoms with Crippen LogP contribution in [0.4, 0.5) is 0 Å². The highest BCUT2D eigenvalue weighted by Crippen LogP contribution is 2.39. The minimum absolute atomic E-state index is 0.0942. The molecule has 12 nitrogen and oxygen atoms in total. The smallest absolute Gasteiger partial charge is 0.303 e. The Morgan fingerprint density at radius 2 is 1.35 bits per heavy atom. The van der Waals surface area contributed by atoms with E-state index >= 15 is 0 Å². The molecule has 0 fully saturated rings. The van der Waals surface area contributed by atoms with Crippen molar-refractivity contribution in [3.63, 3.8) is 0 Å². The Balaban J connectivity index is 1.60. The number of benzene rings is 4. The van der Waals surface area contributed by atoms with Crippen LogP contribution in [0.1, 0.15) is 34.3 Å². The van der Waals surface area contributed by atoms with Gasteiger partial charge in [-0.2, -0.15) is 0 Å². The minimum atomic E-state index is -1.21.